The Morgan fingerprint density at radius 1 is 1.33 bits per heavy atom. The molecule has 1 saturated carbocycles. The lowest BCUT2D eigenvalue weighted by molar-refractivity contribution is -0.118. The first kappa shape index (κ1) is 13.5. The molecule has 8 nitrogen and oxygen atoms in total. The van der Waals surface area contributed by atoms with Crippen LogP contribution >= 0.6 is 0 Å². The van der Waals surface area contributed by atoms with Gasteiger partial charge in [-0.15, -0.1) is 0 Å². The normalized spacial score (nSPS) is 19.0. The highest BCUT2D eigenvalue weighted by molar-refractivity contribution is 6.03. The smallest absolute Gasteiger partial charge is 0.275 e. The van der Waals surface area contributed by atoms with Crippen LogP contribution in [0.4, 0.5) is 4.79 Å². The van der Waals surface area contributed by atoms with Crippen molar-refractivity contribution >= 4 is 17.8 Å². The van der Waals surface area contributed by atoms with Crippen LogP contribution in [-0.4, -0.2) is 39.4 Å². The first-order valence-corrected chi connectivity index (χ1v) is 6.89. The van der Waals surface area contributed by atoms with Crippen molar-refractivity contribution in [3.8, 4) is 0 Å². The Morgan fingerprint density at radius 2 is 2.10 bits per heavy atom. The summed E-state index contributed by atoms with van der Waals surface area (Å²) in [4.78, 5) is 43.0. The van der Waals surface area contributed by atoms with Crippen molar-refractivity contribution in [2.24, 2.45) is 0 Å². The molecule has 21 heavy (non-hydrogen) atoms. The average Bonchev–Trinajstić information content (AvgIpc) is 3.09. The highest BCUT2D eigenvalue weighted by atomic mass is 16.2. The maximum Gasteiger partial charge on any atom is 0.343 e. The summed E-state index contributed by atoms with van der Waals surface area (Å²) >= 11 is 0. The number of hydrazine groups is 1. The van der Waals surface area contributed by atoms with E-state index in [4.69, 9.17) is 0 Å². The number of carbonyl (C=O) groups excluding carboxylic acids is 3. The van der Waals surface area contributed by atoms with Crippen molar-refractivity contribution in [2.75, 3.05) is 6.54 Å². The Hall–Kier alpha value is -2.51. The fourth-order valence-electron chi connectivity index (χ4n) is 2.59. The van der Waals surface area contributed by atoms with Gasteiger partial charge in [0.25, 0.3) is 5.91 Å². The first-order valence-electron chi connectivity index (χ1n) is 6.89. The van der Waals surface area contributed by atoms with E-state index in [1.54, 1.807) is 6.20 Å². The molecule has 1 saturated heterocycles. The molecule has 8 heteroatoms. The predicted octanol–water partition coefficient (Wildman–Crippen LogP) is 0.331. The molecular formula is C13H15N5O3. The maximum atomic E-state index is 12.1. The molecule has 1 aromatic heterocycles. The summed E-state index contributed by atoms with van der Waals surface area (Å²) < 4.78 is 0. The number of rotatable bonds is 3. The number of aromatic nitrogens is 2. The number of hydrogen-bond donors (Lipinski definition) is 2. The van der Waals surface area contributed by atoms with Gasteiger partial charge in [-0.25, -0.2) is 19.8 Å². The van der Waals surface area contributed by atoms with Gasteiger partial charge in [0.1, 0.15) is 18.1 Å². The summed E-state index contributed by atoms with van der Waals surface area (Å²) in [7, 11) is 0. The van der Waals surface area contributed by atoms with Gasteiger partial charge in [-0.2, -0.15) is 0 Å². The van der Waals surface area contributed by atoms with Gasteiger partial charge in [-0.05, 0) is 18.9 Å². The quantitative estimate of drug-likeness (QED) is 0.780. The largest absolute Gasteiger partial charge is 0.343 e. The molecule has 1 aliphatic carbocycles. The molecule has 0 atom stereocenters. The number of amides is 4. The third-order valence-corrected chi connectivity index (χ3v) is 3.66. The third-order valence-electron chi connectivity index (χ3n) is 3.66. The number of urea groups is 1. The molecule has 2 aliphatic rings. The van der Waals surface area contributed by atoms with E-state index >= 15 is 0 Å². The molecule has 2 fully saturated rings. The van der Waals surface area contributed by atoms with Gasteiger partial charge >= 0.3 is 6.03 Å². The topological polar surface area (TPSA) is 104 Å². The number of carbonyl (C=O) groups is 3. The van der Waals surface area contributed by atoms with E-state index in [1.807, 2.05) is 0 Å². The van der Waals surface area contributed by atoms with Gasteiger partial charge in [0.15, 0.2) is 0 Å². The standard InChI is InChI=1S/C13H15N5O3/c19-10-7-18(13(21)16-10)17-12(20)9-5-6-14-11(15-9)8-3-1-2-4-8/h5-6,8H,1-4,7H2,(H,17,20)(H,16,19,21). The van der Waals surface area contributed by atoms with Crippen LogP contribution in [0.15, 0.2) is 12.3 Å². The highest BCUT2D eigenvalue weighted by Gasteiger charge is 2.29. The molecule has 3 rings (SSSR count). The summed E-state index contributed by atoms with van der Waals surface area (Å²) in [6, 6.07) is 0.849. The number of hydrogen-bond acceptors (Lipinski definition) is 5. The van der Waals surface area contributed by atoms with Crippen molar-refractivity contribution in [1.82, 2.24) is 25.7 Å². The second kappa shape index (κ2) is 5.47. The molecule has 0 radical (unpaired) electrons. The molecule has 1 aromatic rings. The van der Waals surface area contributed by atoms with Crippen molar-refractivity contribution in [1.29, 1.82) is 0 Å². The van der Waals surface area contributed by atoms with Crippen molar-refractivity contribution < 1.29 is 14.4 Å². The Balaban J connectivity index is 1.71. The minimum absolute atomic E-state index is 0.189. The fraction of sp³-hybridized carbons (Fsp3) is 0.462. The lowest BCUT2D eigenvalue weighted by Gasteiger charge is -2.14. The highest BCUT2D eigenvalue weighted by Crippen LogP contribution is 2.31. The van der Waals surface area contributed by atoms with E-state index in [0.717, 1.165) is 30.7 Å². The van der Waals surface area contributed by atoms with Crippen molar-refractivity contribution in [2.45, 2.75) is 31.6 Å². The molecular weight excluding hydrogens is 274 g/mol. The van der Waals surface area contributed by atoms with E-state index < -0.39 is 17.8 Å². The molecule has 0 aromatic carbocycles. The zero-order valence-corrected chi connectivity index (χ0v) is 11.3. The van der Waals surface area contributed by atoms with Gasteiger partial charge in [0.2, 0.25) is 5.91 Å². The summed E-state index contributed by atoms with van der Waals surface area (Å²) in [5.74, 6) is -0.00681. The lowest BCUT2D eigenvalue weighted by atomic mass is 10.1. The van der Waals surface area contributed by atoms with Crippen LogP contribution in [0.3, 0.4) is 0 Å². The van der Waals surface area contributed by atoms with Crippen LogP contribution in [0.2, 0.25) is 0 Å². The lowest BCUT2D eigenvalue weighted by Crippen LogP contribution is -2.44. The third kappa shape index (κ3) is 2.83. The van der Waals surface area contributed by atoms with Gasteiger partial charge in [-0.1, -0.05) is 12.8 Å². The Morgan fingerprint density at radius 3 is 2.76 bits per heavy atom. The van der Waals surface area contributed by atoms with Crippen molar-refractivity contribution in [3.05, 3.63) is 23.8 Å². The van der Waals surface area contributed by atoms with Crippen LogP contribution < -0.4 is 10.7 Å². The molecule has 110 valence electrons. The second-order valence-electron chi connectivity index (χ2n) is 5.16. The fourth-order valence-corrected chi connectivity index (χ4v) is 2.59. The molecule has 0 spiro atoms. The molecule has 2 N–H and O–H groups in total. The van der Waals surface area contributed by atoms with Crippen LogP contribution in [0.5, 0.6) is 0 Å². The first-order chi connectivity index (χ1) is 10.1. The number of nitrogens with one attached hydrogen (secondary N) is 2. The maximum absolute atomic E-state index is 12.1. The predicted molar refractivity (Wildman–Crippen MR) is 71.0 cm³/mol. The zero-order chi connectivity index (χ0) is 14.8. The SMILES string of the molecule is O=C1CN(NC(=O)c2ccnc(C3CCCC3)n2)C(=O)N1. The second-order valence-corrected chi connectivity index (χ2v) is 5.16. The van der Waals surface area contributed by atoms with Gasteiger partial charge in [0, 0.05) is 12.1 Å². The summed E-state index contributed by atoms with van der Waals surface area (Å²) in [5.41, 5.74) is 2.56. The van der Waals surface area contributed by atoms with E-state index in [2.05, 4.69) is 20.7 Å². The van der Waals surface area contributed by atoms with E-state index in [0.29, 0.717) is 11.7 Å². The minimum Gasteiger partial charge on any atom is -0.275 e. The molecule has 4 amide bonds. The summed E-state index contributed by atoms with van der Waals surface area (Å²) in [6.07, 6.45) is 5.92. The Kier molecular flexibility index (Phi) is 3.51. The molecule has 0 unspecified atom stereocenters. The van der Waals surface area contributed by atoms with E-state index in [1.165, 1.54) is 6.07 Å². The van der Waals surface area contributed by atoms with Gasteiger partial charge < -0.3 is 0 Å². The van der Waals surface area contributed by atoms with Gasteiger partial charge in [-0.3, -0.25) is 20.3 Å². The molecule has 1 aliphatic heterocycles. The molecule has 2 heterocycles. The van der Waals surface area contributed by atoms with E-state index in [9.17, 15) is 14.4 Å². The van der Waals surface area contributed by atoms with Gasteiger partial charge in [0.05, 0.1) is 0 Å². The van der Waals surface area contributed by atoms with Crippen molar-refractivity contribution in [3.63, 3.8) is 0 Å². The van der Waals surface area contributed by atoms with Crippen LogP contribution in [-0.2, 0) is 4.79 Å². The van der Waals surface area contributed by atoms with Crippen LogP contribution in [0, 0.1) is 0 Å². The minimum atomic E-state index is -0.640. The number of nitrogens with zero attached hydrogens (tertiary/aromatic N) is 3. The van der Waals surface area contributed by atoms with E-state index in [-0.39, 0.29) is 12.2 Å². The zero-order valence-electron chi connectivity index (χ0n) is 11.3. The van der Waals surface area contributed by atoms with Crippen LogP contribution in [0.25, 0.3) is 0 Å². The Labute approximate surface area is 120 Å². The number of imide groups is 1. The van der Waals surface area contributed by atoms with Crippen LogP contribution in [0.1, 0.15) is 47.9 Å². The molecule has 0 bridgehead atoms. The summed E-state index contributed by atoms with van der Waals surface area (Å²) in [5, 5.41) is 3.01. The average molecular weight is 289 g/mol. The summed E-state index contributed by atoms with van der Waals surface area (Å²) in [6.45, 7) is -0.189. The Bertz CT molecular complexity index is 597. The monoisotopic (exact) mass is 289 g/mol.